The minimum atomic E-state index is 0.265. The highest BCUT2D eigenvalue weighted by Gasteiger charge is 2.33. The van der Waals surface area contributed by atoms with Crippen molar-refractivity contribution in [2.75, 3.05) is 26.2 Å². The molecule has 0 saturated carbocycles. The number of nitrogens with zero attached hydrogens (tertiary/aromatic N) is 2. The molecule has 0 aromatic rings. The van der Waals surface area contributed by atoms with Crippen molar-refractivity contribution < 1.29 is 4.79 Å². The van der Waals surface area contributed by atoms with Crippen LogP contribution in [0.15, 0.2) is 0 Å². The maximum atomic E-state index is 11.7. The second-order valence-corrected chi connectivity index (χ2v) is 5.30. The van der Waals surface area contributed by atoms with Crippen LogP contribution < -0.4 is 0 Å². The zero-order valence-corrected chi connectivity index (χ0v) is 10.2. The lowest BCUT2D eigenvalue weighted by Crippen LogP contribution is -2.45. The van der Waals surface area contributed by atoms with Crippen molar-refractivity contribution in [1.82, 2.24) is 9.80 Å². The highest BCUT2D eigenvalue weighted by atomic mass is 32.1. The van der Waals surface area contributed by atoms with Crippen molar-refractivity contribution in [2.45, 2.75) is 37.5 Å². The summed E-state index contributed by atoms with van der Waals surface area (Å²) in [5.74, 6) is 0.310. The molecule has 2 fully saturated rings. The minimum Gasteiger partial charge on any atom is -0.338 e. The summed E-state index contributed by atoms with van der Waals surface area (Å²) in [6, 6.07) is 0.484. The van der Waals surface area contributed by atoms with Gasteiger partial charge in [-0.05, 0) is 19.4 Å². The Balaban J connectivity index is 1.88. The zero-order valence-electron chi connectivity index (χ0n) is 9.35. The first-order valence-corrected chi connectivity index (χ1v) is 6.42. The molecular weight excluding hydrogens is 208 g/mol. The molecule has 0 aromatic carbocycles. The van der Waals surface area contributed by atoms with Gasteiger partial charge >= 0.3 is 0 Å². The van der Waals surface area contributed by atoms with Crippen LogP contribution in [0.5, 0.6) is 0 Å². The van der Waals surface area contributed by atoms with E-state index < -0.39 is 0 Å². The van der Waals surface area contributed by atoms with E-state index in [1.807, 2.05) is 0 Å². The number of hydrogen-bond donors (Lipinski definition) is 1. The Hall–Kier alpha value is -0.220. The molecule has 2 aliphatic rings. The largest absolute Gasteiger partial charge is 0.338 e. The third-order valence-electron chi connectivity index (χ3n) is 3.58. The Labute approximate surface area is 97.2 Å². The molecule has 0 aliphatic carbocycles. The number of likely N-dealkylation sites (tertiary alicyclic amines) is 2. The number of piperidine rings is 1. The van der Waals surface area contributed by atoms with E-state index >= 15 is 0 Å². The lowest BCUT2D eigenvalue weighted by molar-refractivity contribution is -0.130. The molecule has 15 heavy (non-hydrogen) atoms. The van der Waals surface area contributed by atoms with E-state index in [9.17, 15) is 4.79 Å². The van der Waals surface area contributed by atoms with Gasteiger partial charge in [-0.3, -0.25) is 4.79 Å². The normalized spacial score (nSPS) is 30.1. The van der Waals surface area contributed by atoms with Crippen LogP contribution in [0.3, 0.4) is 0 Å². The Morgan fingerprint density at radius 1 is 1.40 bits per heavy atom. The van der Waals surface area contributed by atoms with Gasteiger partial charge < -0.3 is 9.80 Å². The van der Waals surface area contributed by atoms with E-state index in [1.54, 1.807) is 0 Å². The maximum Gasteiger partial charge on any atom is 0.224 e. The number of thiol groups is 1. The van der Waals surface area contributed by atoms with Crippen molar-refractivity contribution in [3.8, 4) is 0 Å². The summed E-state index contributed by atoms with van der Waals surface area (Å²) in [6.45, 7) is 6.48. The summed E-state index contributed by atoms with van der Waals surface area (Å²) in [5.41, 5.74) is 0. The third kappa shape index (κ3) is 2.48. The van der Waals surface area contributed by atoms with Gasteiger partial charge in [-0.2, -0.15) is 12.6 Å². The Kier molecular flexibility index (Phi) is 3.57. The molecule has 1 unspecified atom stereocenters. The number of rotatable bonds is 2. The van der Waals surface area contributed by atoms with Gasteiger partial charge in [0.25, 0.3) is 0 Å². The monoisotopic (exact) mass is 228 g/mol. The van der Waals surface area contributed by atoms with Crippen LogP contribution in [0.4, 0.5) is 0 Å². The molecule has 4 heteroatoms. The summed E-state index contributed by atoms with van der Waals surface area (Å²) >= 11 is 4.39. The van der Waals surface area contributed by atoms with Gasteiger partial charge in [0.1, 0.15) is 0 Å². The van der Waals surface area contributed by atoms with Crippen LogP contribution in [0.1, 0.15) is 26.2 Å². The van der Waals surface area contributed by atoms with Crippen LogP contribution in [0, 0.1) is 0 Å². The van der Waals surface area contributed by atoms with Crippen molar-refractivity contribution in [2.24, 2.45) is 0 Å². The summed E-state index contributed by atoms with van der Waals surface area (Å²) in [4.78, 5) is 16.2. The van der Waals surface area contributed by atoms with Gasteiger partial charge in [0.15, 0.2) is 0 Å². The Bertz CT molecular complexity index is 239. The Morgan fingerprint density at radius 3 is 2.53 bits per heavy atom. The van der Waals surface area contributed by atoms with Gasteiger partial charge in [-0.15, -0.1) is 0 Å². The molecule has 1 atom stereocenters. The van der Waals surface area contributed by atoms with Crippen LogP contribution in [0.25, 0.3) is 0 Å². The van der Waals surface area contributed by atoms with Gasteiger partial charge in [-0.25, -0.2) is 0 Å². The first-order valence-electron chi connectivity index (χ1n) is 5.90. The quantitative estimate of drug-likeness (QED) is 0.713. The fourth-order valence-electron chi connectivity index (χ4n) is 2.61. The standard InChI is InChI=1S/C11H20N2OS/c1-2-12-5-3-9(4-6-12)13-8-10(15)7-11(13)14/h9-10,15H,2-8H2,1H3. The fourth-order valence-corrected chi connectivity index (χ4v) is 2.94. The van der Waals surface area contributed by atoms with Gasteiger partial charge in [0.2, 0.25) is 5.91 Å². The van der Waals surface area contributed by atoms with Gasteiger partial charge in [-0.1, -0.05) is 6.92 Å². The average Bonchev–Trinajstić information content (AvgIpc) is 2.58. The molecule has 1 amide bonds. The summed E-state index contributed by atoms with van der Waals surface area (Å²) in [5, 5.41) is 0.265. The number of carbonyl (C=O) groups excluding carboxylic acids is 1. The van der Waals surface area contributed by atoms with E-state index in [4.69, 9.17) is 0 Å². The molecule has 2 rings (SSSR count). The molecular formula is C11H20N2OS. The molecule has 2 heterocycles. The Morgan fingerprint density at radius 2 is 2.07 bits per heavy atom. The second-order valence-electron chi connectivity index (χ2n) is 4.57. The van der Waals surface area contributed by atoms with Crippen LogP contribution in [0.2, 0.25) is 0 Å². The molecule has 2 aliphatic heterocycles. The van der Waals surface area contributed by atoms with E-state index in [0.29, 0.717) is 18.4 Å². The van der Waals surface area contributed by atoms with Crippen molar-refractivity contribution in [3.63, 3.8) is 0 Å². The highest BCUT2D eigenvalue weighted by Crippen LogP contribution is 2.24. The van der Waals surface area contributed by atoms with Crippen LogP contribution in [-0.4, -0.2) is 53.2 Å². The number of amides is 1. The molecule has 0 N–H and O–H groups in total. The summed E-state index contributed by atoms with van der Waals surface area (Å²) in [6.07, 6.45) is 2.91. The molecule has 0 aromatic heterocycles. The van der Waals surface area contributed by atoms with Crippen LogP contribution in [-0.2, 0) is 4.79 Å². The van der Waals surface area contributed by atoms with Crippen molar-refractivity contribution >= 4 is 18.5 Å². The number of hydrogen-bond acceptors (Lipinski definition) is 3. The van der Waals surface area contributed by atoms with E-state index in [-0.39, 0.29) is 5.25 Å². The van der Waals surface area contributed by atoms with Crippen LogP contribution >= 0.6 is 12.6 Å². The van der Waals surface area contributed by atoms with Crippen molar-refractivity contribution in [1.29, 1.82) is 0 Å². The molecule has 0 spiro atoms. The van der Waals surface area contributed by atoms with E-state index in [1.165, 1.54) is 0 Å². The lowest BCUT2D eigenvalue weighted by Gasteiger charge is -2.36. The molecule has 0 bridgehead atoms. The molecule has 3 nitrogen and oxygen atoms in total. The predicted molar refractivity (Wildman–Crippen MR) is 64.2 cm³/mol. The average molecular weight is 228 g/mol. The van der Waals surface area contributed by atoms with E-state index in [0.717, 1.165) is 39.0 Å². The topological polar surface area (TPSA) is 23.6 Å². The zero-order chi connectivity index (χ0) is 10.8. The first-order chi connectivity index (χ1) is 7.20. The highest BCUT2D eigenvalue weighted by molar-refractivity contribution is 7.81. The molecule has 86 valence electrons. The third-order valence-corrected chi connectivity index (χ3v) is 3.93. The van der Waals surface area contributed by atoms with Crippen molar-refractivity contribution in [3.05, 3.63) is 0 Å². The fraction of sp³-hybridized carbons (Fsp3) is 0.909. The molecule has 2 saturated heterocycles. The lowest BCUT2D eigenvalue weighted by atomic mass is 10.0. The number of carbonyl (C=O) groups is 1. The maximum absolute atomic E-state index is 11.7. The second kappa shape index (κ2) is 4.74. The van der Waals surface area contributed by atoms with Gasteiger partial charge in [0, 0.05) is 37.3 Å². The van der Waals surface area contributed by atoms with E-state index in [2.05, 4.69) is 29.4 Å². The summed E-state index contributed by atoms with van der Waals surface area (Å²) < 4.78 is 0. The van der Waals surface area contributed by atoms with Gasteiger partial charge in [0.05, 0.1) is 0 Å². The smallest absolute Gasteiger partial charge is 0.224 e. The summed E-state index contributed by atoms with van der Waals surface area (Å²) in [7, 11) is 0. The first kappa shape index (κ1) is 11.3. The minimum absolute atomic E-state index is 0.265. The predicted octanol–water partition coefficient (Wildman–Crippen LogP) is 1.00. The molecule has 0 radical (unpaired) electrons. The SMILES string of the molecule is CCN1CCC(N2CC(S)CC2=O)CC1.